The van der Waals surface area contributed by atoms with Gasteiger partial charge in [0.25, 0.3) is 5.91 Å². The van der Waals surface area contributed by atoms with Gasteiger partial charge < -0.3 is 15.0 Å². The third-order valence-corrected chi connectivity index (χ3v) is 4.56. The fourth-order valence-corrected chi connectivity index (χ4v) is 3.34. The van der Waals surface area contributed by atoms with Gasteiger partial charge in [0.05, 0.1) is 5.69 Å². The Morgan fingerprint density at radius 3 is 2.83 bits per heavy atom. The second-order valence-corrected chi connectivity index (χ2v) is 6.31. The number of nitrogens with zero attached hydrogens (tertiary/aromatic N) is 1. The first-order chi connectivity index (χ1) is 11.2. The predicted molar refractivity (Wildman–Crippen MR) is 88.5 cm³/mol. The lowest BCUT2D eigenvalue weighted by Crippen LogP contribution is -2.40. The fourth-order valence-electron chi connectivity index (χ4n) is 3.34. The van der Waals surface area contributed by atoms with E-state index in [0.29, 0.717) is 25.4 Å². The molecule has 1 aromatic carbocycles. The van der Waals surface area contributed by atoms with Gasteiger partial charge >= 0.3 is 0 Å². The van der Waals surface area contributed by atoms with Crippen LogP contribution in [0, 0.1) is 0 Å². The predicted octanol–water partition coefficient (Wildman–Crippen LogP) is 2.64. The number of fused-ring (bicyclic) bond motifs is 1. The number of benzene rings is 1. The summed E-state index contributed by atoms with van der Waals surface area (Å²) in [4.78, 5) is 25.8. The molecule has 1 N–H and O–H groups in total. The van der Waals surface area contributed by atoms with Gasteiger partial charge in [0.15, 0.2) is 6.61 Å². The third kappa shape index (κ3) is 4.03. The molecule has 124 valence electrons. The maximum atomic E-state index is 12.0. The van der Waals surface area contributed by atoms with Gasteiger partial charge in [-0.15, -0.1) is 0 Å². The van der Waals surface area contributed by atoms with Crippen molar-refractivity contribution in [3.8, 4) is 5.75 Å². The van der Waals surface area contributed by atoms with Crippen LogP contribution in [-0.2, 0) is 9.59 Å². The summed E-state index contributed by atoms with van der Waals surface area (Å²) < 4.78 is 5.42. The van der Waals surface area contributed by atoms with Crippen LogP contribution in [0.2, 0.25) is 0 Å². The Labute approximate surface area is 137 Å². The van der Waals surface area contributed by atoms with E-state index in [1.165, 1.54) is 19.3 Å². The highest BCUT2D eigenvalue weighted by Gasteiger charge is 2.25. The molecule has 0 unspecified atom stereocenters. The van der Waals surface area contributed by atoms with Crippen molar-refractivity contribution in [1.82, 2.24) is 5.32 Å². The molecule has 0 spiro atoms. The molecule has 0 bridgehead atoms. The number of amides is 2. The first kappa shape index (κ1) is 15.8. The molecule has 1 aliphatic carbocycles. The SMILES string of the molecule is O=C(CCCN1C(=O)COc2ccccc21)NC1CCCCC1. The van der Waals surface area contributed by atoms with E-state index in [2.05, 4.69) is 5.32 Å². The van der Waals surface area contributed by atoms with Crippen LogP contribution in [0.5, 0.6) is 5.75 Å². The molecule has 2 aliphatic rings. The fraction of sp³-hybridized carbons (Fsp3) is 0.556. The minimum Gasteiger partial charge on any atom is -0.482 e. The second kappa shape index (κ2) is 7.49. The highest BCUT2D eigenvalue weighted by Crippen LogP contribution is 2.31. The minimum absolute atomic E-state index is 0.0450. The van der Waals surface area contributed by atoms with Crippen molar-refractivity contribution < 1.29 is 14.3 Å². The molecule has 0 atom stereocenters. The molecule has 5 heteroatoms. The van der Waals surface area contributed by atoms with Crippen LogP contribution in [0.4, 0.5) is 5.69 Å². The molecular weight excluding hydrogens is 292 g/mol. The van der Waals surface area contributed by atoms with Crippen LogP contribution in [0.15, 0.2) is 24.3 Å². The monoisotopic (exact) mass is 316 g/mol. The van der Waals surface area contributed by atoms with Gasteiger partial charge in [-0.3, -0.25) is 9.59 Å². The Kier molecular flexibility index (Phi) is 5.16. The van der Waals surface area contributed by atoms with E-state index in [1.54, 1.807) is 4.90 Å². The second-order valence-electron chi connectivity index (χ2n) is 6.31. The Morgan fingerprint density at radius 1 is 1.22 bits per heavy atom. The van der Waals surface area contributed by atoms with Crippen molar-refractivity contribution in [2.24, 2.45) is 0 Å². The van der Waals surface area contributed by atoms with Crippen LogP contribution in [-0.4, -0.2) is 31.0 Å². The average Bonchev–Trinajstić information content (AvgIpc) is 2.58. The highest BCUT2D eigenvalue weighted by atomic mass is 16.5. The number of hydrogen-bond donors (Lipinski definition) is 1. The molecule has 2 amide bonds. The summed E-state index contributed by atoms with van der Waals surface area (Å²) in [6.07, 6.45) is 7.03. The zero-order valence-electron chi connectivity index (χ0n) is 13.4. The topological polar surface area (TPSA) is 58.6 Å². The largest absolute Gasteiger partial charge is 0.482 e. The van der Waals surface area contributed by atoms with Gasteiger partial charge in [-0.2, -0.15) is 0 Å². The molecule has 3 rings (SSSR count). The van der Waals surface area contributed by atoms with Gasteiger partial charge in [-0.1, -0.05) is 31.4 Å². The average molecular weight is 316 g/mol. The maximum Gasteiger partial charge on any atom is 0.265 e. The van der Waals surface area contributed by atoms with E-state index in [-0.39, 0.29) is 18.4 Å². The number of rotatable bonds is 5. The Hall–Kier alpha value is -2.04. The van der Waals surface area contributed by atoms with E-state index < -0.39 is 0 Å². The Bertz CT molecular complexity index is 567. The Balaban J connectivity index is 1.48. The van der Waals surface area contributed by atoms with Crippen LogP contribution in [0.3, 0.4) is 0 Å². The van der Waals surface area contributed by atoms with Crippen LogP contribution in [0.1, 0.15) is 44.9 Å². The van der Waals surface area contributed by atoms with E-state index in [1.807, 2.05) is 24.3 Å². The number of para-hydroxylation sites is 2. The normalized spacial score (nSPS) is 18.3. The summed E-state index contributed by atoms with van der Waals surface area (Å²) in [5.41, 5.74) is 0.802. The van der Waals surface area contributed by atoms with Gasteiger partial charge in [0.2, 0.25) is 5.91 Å². The van der Waals surface area contributed by atoms with Crippen molar-refractivity contribution in [2.45, 2.75) is 51.0 Å². The number of carbonyl (C=O) groups is 2. The van der Waals surface area contributed by atoms with Crippen LogP contribution in [0.25, 0.3) is 0 Å². The molecule has 1 heterocycles. The van der Waals surface area contributed by atoms with E-state index in [9.17, 15) is 9.59 Å². The third-order valence-electron chi connectivity index (χ3n) is 4.56. The first-order valence-electron chi connectivity index (χ1n) is 8.55. The summed E-state index contributed by atoms with van der Waals surface area (Å²) in [6.45, 7) is 0.628. The molecule has 23 heavy (non-hydrogen) atoms. The smallest absolute Gasteiger partial charge is 0.265 e. The zero-order valence-corrected chi connectivity index (χ0v) is 13.4. The molecule has 1 aliphatic heterocycles. The maximum absolute atomic E-state index is 12.0. The summed E-state index contributed by atoms with van der Waals surface area (Å²) in [6, 6.07) is 7.88. The molecule has 0 aromatic heterocycles. The lowest BCUT2D eigenvalue weighted by Gasteiger charge is -2.29. The zero-order chi connectivity index (χ0) is 16.1. The van der Waals surface area contributed by atoms with Gasteiger partial charge in [0, 0.05) is 19.0 Å². The van der Waals surface area contributed by atoms with Gasteiger partial charge in [-0.25, -0.2) is 0 Å². The highest BCUT2D eigenvalue weighted by molar-refractivity contribution is 5.97. The van der Waals surface area contributed by atoms with Crippen molar-refractivity contribution in [3.63, 3.8) is 0 Å². The summed E-state index contributed by atoms with van der Waals surface area (Å²) >= 11 is 0. The van der Waals surface area contributed by atoms with E-state index >= 15 is 0 Å². The van der Waals surface area contributed by atoms with E-state index in [0.717, 1.165) is 24.3 Å². The van der Waals surface area contributed by atoms with Crippen molar-refractivity contribution in [2.75, 3.05) is 18.1 Å². The number of ether oxygens (including phenoxy) is 1. The number of nitrogens with one attached hydrogen (secondary N) is 1. The van der Waals surface area contributed by atoms with Crippen LogP contribution < -0.4 is 15.0 Å². The van der Waals surface area contributed by atoms with Crippen LogP contribution >= 0.6 is 0 Å². The lowest BCUT2D eigenvalue weighted by molar-refractivity contribution is -0.123. The first-order valence-corrected chi connectivity index (χ1v) is 8.55. The van der Waals surface area contributed by atoms with Crippen molar-refractivity contribution >= 4 is 17.5 Å². The molecular formula is C18H24N2O3. The lowest BCUT2D eigenvalue weighted by atomic mass is 9.95. The number of anilines is 1. The van der Waals surface area contributed by atoms with Gasteiger partial charge in [0.1, 0.15) is 5.75 Å². The molecule has 1 fully saturated rings. The van der Waals surface area contributed by atoms with Gasteiger partial charge in [-0.05, 0) is 31.4 Å². The van der Waals surface area contributed by atoms with Crippen molar-refractivity contribution in [1.29, 1.82) is 0 Å². The standard InChI is InChI=1S/C18H24N2O3/c21-17(19-14-7-2-1-3-8-14)11-6-12-20-15-9-4-5-10-16(15)23-13-18(20)22/h4-5,9-10,14H,1-3,6-8,11-13H2,(H,19,21). The minimum atomic E-state index is -0.0450. The summed E-state index contributed by atoms with van der Waals surface area (Å²) in [7, 11) is 0. The quantitative estimate of drug-likeness (QED) is 0.908. The molecule has 1 aromatic rings. The molecule has 0 saturated heterocycles. The molecule has 1 saturated carbocycles. The summed E-state index contributed by atoms with van der Waals surface area (Å²) in [5, 5.41) is 3.12. The molecule has 5 nitrogen and oxygen atoms in total. The summed E-state index contributed by atoms with van der Waals surface area (Å²) in [5.74, 6) is 0.793. The van der Waals surface area contributed by atoms with E-state index in [4.69, 9.17) is 4.74 Å². The van der Waals surface area contributed by atoms with Crippen molar-refractivity contribution in [3.05, 3.63) is 24.3 Å². The Morgan fingerprint density at radius 2 is 2.00 bits per heavy atom. The molecule has 0 radical (unpaired) electrons. The number of hydrogen-bond acceptors (Lipinski definition) is 3. The number of carbonyl (C=O) groups excluding carboxylic acids is 2.